The number of aryl methyl sites for hydroxylation is 1. The summed E-state index contributed by atoms with van der Waals surface area (Å²) >= 11 is 0. The van der Waals surface area contributed by atoms with Gasteiger partial charge in [0, 0.05) is 50.5 Å². The molecule has 0 bridgehead atoms. The van der Waals surface area contributed by atoms with E-state index in [4.69, 9.17) is 0 Å². The third-order valence-electron chi connectivity index (χ3n) is 5.20. The molecule has 0 saturated carbocycles. The molecular weight excluding hydrogens is 426 g/mol. The van der Waals surface area contributed by atoms with Crippen molar-refractivity contribution >= 4 is 27.3 Å². The van der Waals surface area contributed by atoms with Crippen molar-refractivity contribution in [2.75, 3.05) is 50.0 Å². The number of nitrogens with zero attached hydrogens (tertiary/aromatic N) is 2. The largest absolute Gasteiger partial charge is 0.369 e. The minimum atomic E-state index is -4.04. The van der Waals surface area contributed by atoms with E-state index in [1.165, 1.54) is 0 Å². The lowest BCUT2D eigenvalue weighted by atomic mass is 10.1. The van der Waals surface area contributed by atoms with Crippen LogP contribution in [0.1, 0.15) is 12.0 Å². The van der Waals surface area contributed by atoms with Gasteiger partial charge < -0.3 is 15.1 Å². The van der Waals surface area contributed by atoms with Crippen LogP contribution in [0.4, 0.5) is 20.2 Å². The molecule has 0 aromatic heterocycles. The molecule has 0 atom stereocenters. The second-order valence-electron chi connectivity index (χ2n) is 7.56. The fraction of sp³-hybridized carbons (Fsp3) is 0.381. The monoisotopic (exact) mass is 452 g/mol. The van der Waals surface area contributed by atoms with Crippen LogP contribution in [0.25, 0.3) is 0 Å². The highest BCUT2D eigenvalue weighted by molar-refractivity contribution is 7.89. The number of benzene rings is 2. The summed E-state index contributed by atoms with van der Waals surface area (Å²) in [4.78, 5) is 16.4. The van der Waals surface area contributed by atoms with E-state index in [9.17, 15) is 22.0 Å². The SMILES string of the molecule is Cc1cc(N2CCN(C)CC2)ccc1NC(=O)CCNS(=O)(=O)c1ccc(F)c(F)c1. The maximum Gasteiger partial charge on any atom is 0.240 e. The van der Waals surface area contributed by atoms with E-state index in [1.54, 1.807) is 0 Å². The molecule has 2 N–H and O–H groups in total. The van der Waals surface area contributed by atoms with Crippen molar-refractivity contribution in [1.82, 2.24) is 9.62 Å². The van der Waals surface area contributed by atoms with Gasteiger partial charge in [0.25, 0.3) is 0 Å². The molecule has 1 heterocycles. The minimum absolute atomic E-state index is 0.109. The van der Waals surface area contributed by atoms with E-state index in [0.717, 1.165) is 49.6 Å². The number of anilines is 2. The van der Waals surface area contributed by atoms with E-state index in [0.29, 0.717) is 11.8 Å². The zero-order chi connectivity index (χ0) is 22.6. The highest BCUT2D eigenvalue weighted by atomic mass is 32.2. The minimum Gasteiger partial charge on any atom is -0.369 e. The number of nitrogens with one attached hydrogen (secondary N) is 2. The third-order valence-corrected chi connectivity index (χ3v) is 6.66. The van der Waals surface area contributed by atoms with Crippen LogP contribution in [0.3, 0.4) is 0 Å². The average molecular weight is 453 g/mol. The molecule has 1 aliphatic heterocycles. The highest BCUT2D eigenvalue weighted by Crippen LogP contribution is 2.24. The molecule has 31 heavy (non-hydrogen) atoms. The van der Waals surface area contributed by atoms with Gasteiger partial charge in [0.15, 0.2) is 11.6 Å². The molecule has 10 heteroatoms. The molecule has 1 saturated heterocycles. The molecular formula is C21H26F2N4O3S. The van der Waals surface area contributed by atoms with Gasteiger partial charge in [-0.25, -0.2) is 21.9 Å². The third kappa shape index (κ3) is 5.99. The van der Waals surface area contributed by atoms with E-state index in [2.05, 4.69) is 26.9 Å². The van der Waals surface area contributed by atoms with Gasteiger partial charge in [-0.1, -0.05) is 0 Å². The van der Waals surface area contributed by atoms with E-state index >= 15 is 0 Å². The molecule has 1 aliphatic rings. The number of halogens is 2. The van der Waals surface area contributed by atoms with Gasteiger partial charge in [-0.2, -0.15) is 0 Å². The Kier molecular flexibility index (Phi) is 7.24. The summed E-state index contributed by atoms with van der Waals surface area (Å²) in [6.07, 6.45) is -0.109. The Bertz CT molecular complexity index is 1050. The van der Waals surface area contributed by atoms with Crippen LogP contribution >= 0.6 is 0 Å². The van der Waals surface area contributed by atoms with Crippen LogP contribution in [0.5, 0.6) is 0 Å². The Hall–Kier alpha value is -2.56. The van der Waals surface area contributed by atoms with Gasteiger partial charge in [-0.15, -0.1) is 0 Å². The van der Waals surface area contributed by atoms with Crippen LogP contribution in [-0.4, -0.2) is 59.0 Å². The van der Waals surface area contributed by atoms with Gasteiger partial charge in [0.1, 0.15) is 0 Å². The second kappa shape index (κ2) is 9.71. The first-order chi connectivity index (χ1) is 14.7. The quantitative estimate of drug-likeness (QED) is 0.674. The Morgan fingerprint density at radius 3 is 2.39 bits per heavy atom. The number of hydrogen-bond acceptors (Lipinski definition) is 5. The smallest absolute Gasteiger partial charge is 0.240 e. The van der Waals surface area contributed by atoms with E-state index in [-0.39, 0.29) is 18.9 Å². The Balaban J connectivity index is 1.53. The van der Waals surface area contributed by atoms with Gasteiger partial charge in [0.2, 0.25) is 15.9 Å². The zero-order valence-electron chi connectivity index (χ0n) is 17.5. The van der Waals surface area contributed by atoms with E-state index < -0.39 is 26.6 Å². The summed E-state index contributed by atoms with van der Waals surface area (Å²) in [7, 11) is -1.95. The molecule has 7 nitrogen and oxygen atoms in total. The van der Waals surface area contributed by atoms with Crippen LogP contribution in [0, 0.1) is 18.6 Å². The normalized spacial score (nSPS) is 15.2. The van der Waals surface area contributed by atoms with Crippen molar-refractivity contribution in [2.45, 2.75) is 18.2 Å². The summed E-state index contributed by atoms with van der Waals surface area (Å²) in [6, 6.07) is 8.12. The molecule has 1 amide bonds. The summed E-state index contributed by atoms with van der Waals surface area (Å²) in [5.74, 6) is -2.74. The van der Waals surface area contributed by atoms with Crippen molar-refractivity contribution in [1.29, 1.82) is 0 Å². The number of rotatable bonds is 7. The fourth-order valence-corrected chi connectivity index (χ4v) is 4.33. The molecule has 0 spiro atoms. The summed E-state index contributed by atoms with van der Waals surface area (Å²) < 4.78 is 52.8. The predicted octanol–water partition coefficient (Wildman–Crippen LogP) is 2.33. The molecule has 3 rings (SSSR count). The lowest BCUT2D eigenvalue weighted by molar-refractivity contribution is -0.116. The summed E-state index contributed by atoms with van der Waals surface area (Å²) in [5, 5.41) is 2.78. The van der Waals surface area contributed by atoms with E-state index in [1.807, 2.05) is 25.1 Å². The Morgan fingerprint density at radius 2 is 1.74 bits per heavy atom. The molecule has 0 unspecified atom stereocenters. The van der Waals surface area contributed by atoms with Gasteiger partial charge in [-0.05, 0) is 55.9 Å². The van der Waals surface area contributed by atoms with Gasteiger partial charge >= 0.3 is 0 Å². The fourth-order valence-electron chi connectivity index (χ4n) is 3.29. The van der Waals surface area contributed by atoms with Crippen molar-refractivity contribution in [3.8, 4) is 0 Å². The van der Waals surface area contributed by atoms with Crippen molar-refractivity contribution in [3.63, 3.8) is 0 Å². The number of carbonyl (C=O) groups excluding carboxylic acids is 1. The van der Waals surface area contributed by atoms with Crippen LogP contribution in [-0.2, 0) is 14.8 Å². The van der Waals surface area contributed by atoms with Crippen molar-refractivity contribution < 1.29 is 22.0 Å². The number of hydrogen-bond donors (Lipinski definition) is 2. The van der Waals surface area contributed by atoms with Gasteiger partial charge in [-0.3, -0.25) is 4.79 Å². The Morgan fingerprint density at radius 1 is 1.03 bits per heavy atom. The van der Waals surface area contributed by atoms with Crippen molar-refractivity contribution in [3.05, 3.63) is 53.6 Å². The van der Waals surface area contributed by atoms with Crippen molar-refractivity contribution in [2.24, 2.45) is 0 Å². The summed E-state index contributed by atoms with van der Waals surface area (Å²) in [5.41, 5.74) is 2.67. The lowest BCUT2D eigenvalue weighted by Gasteiger charge is -2.34. The molecule has 0 radical (unpaired) electrons. The Labute approximate surface area is 181 Å². The van der Waals surface area contributed by atoms with Crippen LogP contribution in [0.15, 0.2) is 41.3 Å². The highest BCUT2D eigenvalue weighted by Gasteiger charge is 2.18. The maximum atomic E-state index is 13.3. The summed E-state index contributed by atoms with van der Waals surface area (Å²) in [6.45, 7) is 5.61. The lowest BCUT2D eigenvalue weighted by Crippen LogP contribution is -2.44. The van der Waals surface area contributed by atoms with Gasteiger partial charge in [0.05, 0.1) is 4.90 Å². The topological polar surface area (TPSA) is 81.8 Å². The van der Waals surface area contributed by atoms with Crippen LogP contribution in [0.2, 0.25) is 0 Å². The number of carbonyl (C=O) groups is 1. The first-order valence-electron chi connectivity index (χ1n) is 9.94. The molecule has 1 fully saturated rings. The number of amides is 1. The molecule has 2 aromatic rings. The number of likely N-dealkylation sites (N-methyl/N-ethyl adjacent to an activating group) is 1. The number of sulfonamides is 1. The van der Waals surface area contributed by atoms with Crippen LogP contribution < -0.4 is 14.9 Å². The average Bonchev–Trinajstić information content (AvgIpc) is 2.72. The standard InChI is InChI=1S/C21H26F2N4O3S/c1-15-13-16(27-11-9-26(2)10-12-27)3-6-20(15)25-21(28)7-8-24-31(29,30)17-4-5-18(22)19(23)14-17/h3-6,13-14,24H,7-12H2,1-2H3,(H,25,28). The zero-order valence-corrected chi connectivity index (χ0v) is 18.3. The maximum absolute atomic E-state index is 13.3. The first kappa shape index (κ1) is 23.1. The second-order valence-corrected chi connectivity index (χ2v) is 9.33. The molecule has 168 valence electrons. The molecule has 0 aliphatic carbocycles. The number of piperazine rings is 1. The molecule has 2 aromatic carbocycles. The first-order valence-corrected chi connectivity index (χ1v) is 11.4. The predicted molar refractivity (Wildman–Crippen MR) is 116 cm³/mol.